The summed E-state index contributed by atoms with van der Waals surface area (Å²) < 4.78 is 0. The quantitative estimate of drug-likeness (QED) is 0.546. The van der Waals surface area contributed by atoms with Gasteiger partial charge < -0.3 is 11.1 Å². The van der Waals surface area contributed by atoms with Gasteiger partial charge in [0.05, 0.1) is 0 Å². The highest BCUT2D eigenvalue weighted by atomic mass is 16.2. The van der Waals surface area contributed by atoms with Crippen LogP contribution in [0.3, 0.4) is 0 Å². The summed E-state index contributed by atoms with van der Waals surface area (Å²) in [6, 6.07) is 0. The smallest absolute Gasteiger partial charge is 0.220 e. The number of nitrogens with one attached hydrogen (secondary N) is 1. The van der Waals surface area contributed by atoms with Crippen LogP contribution in [0.25, 0.3) is 0 Å². The maximum atomic E-state index is 10.6. The van der Waals surface area contributed by atoms with E-state index in [2.05, 4.69) is 5.32 Å². The predicted octanol–water partition coefficient (Wildman–Crippen LogP) is -0.756. The van der Waals surface area contributed by atoms with Gasteiger partial charge in [-0.25, -0.2) is 0 Å². The molecule has 0 bridgehead atoms. The molecule has 0 aliphatic heterocycles. The van der Waals surface area contributed by atoms with Crippen molar-refractivity contribution in [2.45, 2.75) is 13.3 Å². The summed E-state index contributed by atoms with van der Waals surface area (Å²) in [5, 5.41) is 2.40. The molecule has 0 saturated carbocycles. The maximum Gasteiger partial charge on any atom is 0.220 e. The van der Waals surface area contributed by atoms with Gasteiger partial charge in [-0.2, -0.15) is 0 Å². The first-order valence-electron chi connectivity index (χ1n) is 3.07. The molecule has 0 aromatic heterocycles. The minimum Gasteiger partial charge on any atom is -0.369 e. The highest BCUT2D eigenvalue weighted by Crippen LogP contribution is 1.98. The fourth-order valence-electron chi connectivity index (χ4n) is 0.481. The molecule has 0 saturated heterocycles. The van der Waals surface area contributed by atoms with E-state index in [0.29, 0.717) is 0 Å². The summed E-state index contributed by atoms with van der Waals surface area (Å²) in [6.45, 7) is 1.62. The summed E-state index contributed by atoms with van der Waals surface area (Å²) in [7, 11) is 1.52. The van der Waals surface area contributed by atoms with Gasteiger partial charge in [0, 0.05) is 19.4 Å². The van der Waals surface area contributed by atoms with Gasteiger partial charge in [0.1, 0.15) is 0 Å². The van der Waals surface area contributed by atoms with Crippen LogP contribution in [0, 0.1) is 5.92 Å². The van der Waals surface area contributed by atoms with Crippen molar-refractivity contribution in [2.24, 2.45) is 11.7 Å². The summed E-state index contributed by atoms with van der Waals surface area (Å²) >= 11 is 0. The molecule has 0 rings (SSSR count). The van der Waals surface area contributed by atoms with Gasteiger partial charge in [0.25, 0.3) is 0 Å². The third-order valence-corrected chi connectivity index (χ3v) is 1.26. The summed E-state index contributed by atoms with van der Waals surface area (Å²) in [5.41, 5.74) is 4.92. The molecule has 4 nitrogen and oxygen atoms in total. The zero-order valence-electron chi connectivity index (χ0n) is 6.18. The second-order valence-corrected chi connectivity index (χ2v) is 2.18. The lowest BCUT2D eigenvalue weighted by Crippen LogP contribution is -2.27. The summed E-state index contributed by atoms with van der Waals surface area (Å²) in [6.07, 6.45) is 0.172. The number of rotatable bonds is 3. The first-order chi connectivity index (χ1) is 4.57. The molecular weight excluding hydrogens is 132 g/mol. The predicted molar refractivity (Wildman–Crippen MR) is 37.0 cm³/mol. The first kappa shape index (κ1) is 8.94. The third-order valence-electron chi connectivity index (χ3n) is 1.26. The Hall–Kier alpha value is -1.06. The minimum absolute atomic E-state index is 0.161. The third kappa shape index (κ3) is 3.06. The van der Waals surface area contributed by atoms with Crippen LogP contribution in [-0.2, 0) is 9.59 Å². The first-order valence-corrected chi connectivity index (χ1v) is 3.07. The van der Waals surface area contributed by atoms with Gasteiger partial charge in [0.15, 0.2) is 0 Å². The van der Waals surface area contributed by atoms with E-state index in [1.165, 1.54) is 7.05 Å². The average molecular weight is 144 g/mol. The van der Waals surface area contributed by atoms with Crippen LogP contribution in [0.2, 0.25) is 0 Å². The summed E-state index contributed by atoms with van der Waals surface area (Å²) in [4.78, 5) is 21.0. The van der Waals surface area contributed by atoms with Gasteiger partial charge >= 0.3 is 0 Å². The van der Waals surface area contributed by atoms with Gasteiger partial charge in [-0.1, -0.05) is 6.92 Å². The number of hydrogen-bond donors (Lipinski definition) is 2. The molecule has 1 atom stereocenters. The average Bonchev–Trinajstić information content (AvgIpc) is 1.87. The number of hydrogen-bond acceptors (Lipinski definition) is 2. The molecule has 2 amide bonds. The topological polar surface area (TPSA) is 72.2 Å². The van der Waals surface area contributed by atoms with Gasteiger partial charge in [-0.15, -0.1) is 0 Å². The van der Waals surface area contributed by atoms with Gasteiger partial charge in [-0.3, -0.25) is 9.59 Å². The number of nitrogens with two attached hydrogens (primary N) is 1. The normalized spacial score (nSPS) is 12.2. The van der Waals surface area contributed by atoms with E-state index in [1.54, 1.807) is 6.92 Å². The number of primary amides is 1. The molecule has 0 aliphatic carbocycles. The molecule has 0 aromatic rings. The maximum absolute atomic E-state index is 10.6. The fraction of sp³-hybridized carbons (Fsp3) is 0.667. The second-order valence-electron chi connectivity index (χ2n) is 2.18. The fourth-order valence-corrected chi connectivity index (χ4v) is 0.481. The molecule has 0 fully saturated rings. The van der Waals surface area contributed by atoms with E-state index >= 15 is 0 Å². The van der Waals surface area contributed by atoms with Crippen molar-refractivity contribution in [1.29, 1.82) is 0 Å². The van der Waals surface area contributed by atoms with Crippen molar-refractivity contribution in [3.63, 3.8) is 0 Å². The van der Waals surface area contributed by atoms with Crippen molar-refractivity contribution in [2.75, 3.05) is 7.05 Å². The Bertz CT molecular complexity index is 145. The largest absolute Gasteiger partial charge is 0.369 e. The van der Waals surface area contributed by atoms with Crippen LogP contribution in [0.5, 0.6) is 0 Å². The van der Waals surface area contributed by atoms with Crippen LogP contribution in [0.15, 0.2) is 0 Å². The Morgan fingerprint density at radius 2 is 2.10 bits per heavy atom. The molecule has 0 aromatic carbocycles. The zero-order valence-corrected chi connectivity index (χ0v) is 6.18. The van der Waals surface area contributed by atoms with Crippen molar-refractivity contribution in [3.8, 4) is 0 Å². The van der Waals surface area contributed by atoms with E-state index < -0.39 is 5.91 Å². The highest BCUT2D eigenvalue weighted by Gasteiger charge is 2.11. The molecule has 0 unspecified atom stereocenters. The lowest BCUT2D eigenvalue weighted by molar-refractivity contribution is -0.127. The van der Waals surface area contributed by atoms with Gasteiger partial charge in [0.2, 0.25) is 11.8 Å². The molecule has 0 radical (unpaired) electrons. The standard InChI is InChI=1S/C6H12N2O2/c1-4(6(7)10)3-5(9)8-2/h4H,3H2,1-2H3,(H2,7,10)(H,8,9)/t4-/m0/s1. The summed E-state index contributed by atoms with van der Waals surface area (Å²) in [5.74, 6) is -0.977. The highest BCUT2D eigenvalue weighted by molar-refractivity contribution is 5.84. The van der Waals surface area contributed by atoms with E-state index in [4.69, 9.17) is 5.73 Å². The Labute approximate surface area is 59.8 Å². The van der Waals surface area contributed by atoms with Gasteiger partial charge in [-0.05, 0) is 0 Å². The molecule has 0 aliphatic rings. The molecule has 4 heteroatoms. The Balaban J connectivity index is 3.68. The van der Waals surface area contributed by atoms with Crippen LogP contribution in [0.1, 0.15) is 13.3 Å². The number of amides is 2. The number of carbonyl (C=O) groups is 2. The van der Waals surface area contributed by atoms with E-state index in [0.717, 1.165) is 0 Å². The van der Waals surface area contributed by atoms with Crippen LogP contribution >= 0.6 is 0 Å². The monoisotopic (exact) mass is 144 g/mol. The lowest BCUT2D eigenvalue weighted by Gasteiger charge is -2.03. The van der Waals surface area contributed by atoms with Crippen LogP contribution in [0.4, 0.5) is 0 Å². The number of carbonyl (C=O) groups excluding carboxylic acids is 2. The van der Waals surface area contributed by atoms with Crippen LogP contribution in [-0.4, -0.2) is 18.9 Å². The van der Waals surface area contributed by atoms with E-state index in [1.807, 2.05) is 0 Å². The molecule has 3 N–H and O–H groups in total. The Morgan fingerprint density at radius 1 is 1.60 bits per heavy atom. The van der Waals surface area contributed by atoms with E-state index in [-0.39, 0.29) is 18.2 Å². The lowest BCUT2D eigenvalue weighted by atomic mass is 10.1. The van der Waals surface area contributed by atoms with Crippen molar-refractivity contribution in [3.05, 3.63) is 0 Å². The molecule has 0 heterocycles. The van der Waals surface area contributed by atoms with E-state index in [9.17, 15) is 9.59 Å². The molecular formula is C6H12N2O2. The zero-order chi connectivity index (χ0) is 8.15. The second kappa shape index (κ2) is 3.87. The molecule has 58 valence electrons. The molecule has 0 spiro atoms. The SMILES string of the molecule is CNC(=O)C[C@H](C)C(N)=O. The minimum atomic E-state index is -0.441. The van der Waals surface area contributed by atoms with Crippen molar-refractivity contribution >= 4 is 11.8 Å². The van der Waals surface area contributed by atoms with Crippen molar-refractivity contribution < 1.29 is 9.59 Å². The Morgan fingerprint density at radius 3 is 2.40 bits per heavy atom. The van der Waals surface area contributed by atoms with Crippen LogP contribution < -0.4 is 11.1 Å². The molecule has 10 heavy (non-hydrogen) atoms. The van der Waals surface area contributed by atoms with Crippen molar-refractivity contribution in [1.82, 2.24) is 5.32 Å². The Kier molecular flexibility index (Phi) is 3.46.